The lowest BCUT2D eigenvalue weighted by Gasteiger charge is -2.08. The van der Waals surface area contributed by atoms with E-state index in [9.17, 15) is 0 Å². The van der Waals surface area contributed by atoms with Gasteiger partial charge in [0.2, 0.25) is 0 Å². The molecular formula is C17H21N7. The molecule has 0 amide bonds. The van der Waals surface area contributed by atoms with Gasteiger partial charge in [-0.2, -0.15) is 5.10 Å². The highest BCUT2D eigenvalue weighted by molar-refractivity contribution is 6.10. The first-order chi connectivity index (χ1) is 11.5. The number of hydrogen-bond donors (Lipinski definition) is 3. The molecule has 0 aliphatic carbocycles. The van der Waals surface area contributed by atoms with Crippen LogP contribution in [0.4, 0.5) is 5.82 Å². The summed E-state index contributed by atoms with van der Waals surface area (Å²) in [6, 6.07) is 6.22. The van der Waals surface area contributed by atoms with Gasteiger partial charge in [0.15, 0.2) is 5.82 Å². The number of nitrogens with two attached hydrogens (primary N) is 1. The first kappa shape index (κ1) is 14.9. The van der Waals surface area contributed by atoms with Crippen molar-refractivity contribution in [1.82, 2.24) is 25.3 Å². The van der Waals surface area contributed by atoms with Gasteiger partial charge in [0, 0.05) is 23.4 Å². The van der Waals surface area contributed by atoms with Crippen LogP contribution < -0.4 is 11.2 Å². The molecule has 0 spiro atoms. The fraction of sp³-hybridized carbons (Fsp3) is 0.353. The molecule has 1 aliphatic heterocycles. The maximum Gasteiger partial charge on any atom is 0.152 e. The summed E-state index contributed by atoms with van der Waals surface area (Å²) < 4.78 is 0. The van der Waals surface area contributed by atoms with Gasteiger partial charge in [0.05, 0.1) is 23.3 Å². The van der Waals surface area contributed by atoms with Gasteiger partial charge < -0.3 is 21.0 Å². The predicted molar refractivity (Wildman–Crippen MR) is 96.9 cm³/mol. The third-order valence-electron chi connectivity index (χ3n) is 4.33. The zero-order valence-electron chi connectivity index (χ0n) is 14.1. The summed E-state index contributed by atoms with van der Waals surface area (Å²) in [5.41, 5.74) is 13.9. The molecule has 0 fully saturated rings. The quantitative estimate of drug-likeness (QED) is 0.682. The summed E-state index contributed by atoms with van der Waals surface area (Å²) in [7, 11) is 4.02. The van der Waals surface area contributed by atoms with Gasteiger partial charge in [0.25, 0.3) is 0 Å². The van der Waals surface area contributed by atoms with Crippen LogP contribution in [0, 0.1) is 5.92 Å². The fourth-order valence-corrected chi connectivity index (χ4v) is 3.18. The zero-order valence-corrected chi connectivity index (χ0v) is 14.1. The second-order valence-electron chi connectivity index (χ2n) is 6.63. The van der Waals surface area contributed by atoms with E-state index in [1.165, 1.54) is 0 Å². The van der Waals surface area contributed by atoms with Gasteiger partial charge in [-0.1, -0.05) is 13.0 Å². The van der Waals surface area contributed by atoms with Crippen LogP contribution >= 0.6 is 0 Å². The van der Waals surface area contributed by atoms with Crippen molar-refractivity contribution in [3.63, 3.8) is 0 Å². The number of nitrogens with one attached hydrogen (secondary N) is 2. The Morgan fingerprint density at radius 2 is 2.12 bits per heavy atom. The molecule has 2 aromatic heterocycles. The van der Waals surface area contributed by atoms with E-state index in [1.54, 1.807) is 0 Å². The molecule has 0 saturated heterocycles. The van der Waals surface area contributed by atoms with Crippen LogP contribution in [0.25, 0.3) is 21.9 Å². The minimum Gasteiger partial charge on any atom is -0.382 e. The van der Waals surface area contributed by atoms with Crippen molar-refractivity contribution in [2.45, 2.75) is 13.5 Å². The highest BCUT2D eigenvalue weighted by atomic mass is 15.3. The van der Waals surface area contributed by atoms with Crippen LogP contribution in [0.3, 0.4) is 0 Å². The number of imidazole rings is 1. The number of pyridine rings is 1. The van der Waals surface area contributed by atoms with E-state index in [1.807, 2.05) is 14.1 Å². The van der Waals surface area contributed by atoms with Gasteiger partial charge in [-0.3, -0.25) is 0 Å². The van der Waals surface area contributed by atoms with Gasteiger partial charge in [0.1, 0.15) is 11.3 Å². The minimum absolute atomic E-state index is 0.391. The van der Waals surface area contributed by atoms with Crippen molar-refractivity contribution in [2.75, 3.05) is 26.4 Å². The first-order valence-electron chi connectivity index (χ1n) is 8.06. The Balaban J connectivity index is 1.88. The summed E-state index contributed by atoms with van der Waals surface area (Å²) in [5, 5.41) is 5.42. The summed E-state index contributed by atoms with van der Waals surface area (Å²) in [6.07, 6.45) is 0. The van der Waals surface area contributed by atoms with Crippen molar-refractivity contribution in [3.05, 3.63) is 29.6 Å². The molecule has 7 heteroatoms. The normalized spacial score (nSPS) is 17.7. The highest BCUT2D eigenvalue weighted by Gasteiger charge is 2.19. The molecule has 3 heterocycles. The third kappa shape index (κ3) is 2.37. The van der Waals surface area contributed by atoms with Crippen molar-refractivity contribution in [2.24, 2.45) is 11.0 Å². The number of H-pyrrole nitrogens is 1. The highest BCUT2D eigenvalue weighted by Crippen LogP contribution is 2.28. The number of nitrogens with zero attached hydrogens (tertiary/aromatic N) is 4. The number of benzene rings is 1. The Morgan fingerprint density at radius 1 is 1.29 bits per heavy atom. The minimum atomic E-state index is 0.391. The molecule has 4 N–H and O–H groups in total. The number of anilines is 1. The summed E-state index contributed by atoms with van der Waals surface area (Å²) in [5.74, 6) is 1.73. The van der Waals surface area contributed by atoms with E-state index >= 15 is 0 Å². The second kappa shape index (κ2) is 5.45. The maximum absolute atomic E-state index is 6.15. The lowest BCUT2D eigenvalue weighted by Crippen LogP contribution is -2.12. The number of aromatic amines is 1. The molecule has 1 unspecified atom stereocenters. The SMILES string of the molecule is CC1CNN=C1c1ccc2c(c1)nc(N)c1nc(CN(C)C)[nH]c12. The molecule has 124 valence electrons. The summed E-state index contributed by atoms with van der Waals surface area (Å²) in [6.45, 7) is 3.76. The lowest BCUT2D eigenvalue weighted by atomic mass is 9.98. The third-order valence-corrected chi connectivity index (χ3v) is 4.33. The van der Waals surface area contributed by atoms with Gasteiger partial charge in [-0.15, -0.1) is 0 Å². The molecule has 3 aromatic rings. The Morgan fingerprint density at radius 3 is 2.83 bits per heavy atom. The largest absolute Gasteiger partial charge is 0.382 e. The van der Waals surface area contributed by atoms with Crippen LogP contribution in [0.15, 0.2) is 23.3 Å². The second-order valence-corrected chi connectivity index (χ2v) is 6.63. The predicted octanol–water partition coefficient (Wildman–Crippen LogP) is 1.70. The van der Waals surface area contributed by atoms with Crippen LogP contribution in [0.5, 0.6) is 0 Å². The van der Waals surface area contributed by atoms with Crippen molar-refractivity contribution in [3.8, 4) is 0 Å². The van der Waals surface area contributed by atoms with Gasteiger partial charge in [-0.25, -0.2) is 9.97 Å². The van der Waals surface area contributed by atoms with E-state index < -0.39 is 0 Å². The molecule has 1 atom stereocenters. The molecule has 1 aliphatic rings. The lowest BCUT2D eigenvalue weighted by molar-refractivity contribution is 0.392. The van der Waals surface area contributed by atoms with E-state index in [0.717, 1.165) is 52.1 Å². The van der Waals surface area contributed by atoms with Crippen molar-refractivity contribution < 1.29 is 0 Å². The Kier molecular flexibility index (Phi) is 3.38. The Hall–Kier alpha value is -2.67. The van der Waals surface area contributed by atoms with Crippen molar-refractivity contribution in [1.29, 1.82) is 0 Å². The summed E-state index contributed by atoms with van der Waals surface area (Å²) >= 11 is 0. The smallest absolute Gasteiger partial charge is 0.152 e. The van der Waals surface area contributed by atoms with E-state index in [2.05, 4.69) is 55.5 Å². The number of hydrogen-bond acceptors (Lipinski definition) is 6. The van der Waals surface area contributed by atoms with Crippen LogP contribution in [-0.4, -0.2) is 46.2 Å². The number of hydrazone groups is 1. The maximum atomic E-state index is 6.15. The van der Waals surface area contributed by atoms with Crippen molar-refractivity contribution >= 4 is 33.5 Å². The average molecular weight is 323 g/mol. The molecule has 0 saturated carbocycles. The molecule has 24 heavy (non-hydrogen) atoms. The number of rotatable bonds is 3. The molecular weight excluding hydrogens is 302 g/mol. The van der Waals surface area contributed by atoms with E-state index in [-0.39, 0.29) is 0 Å². The topological polar surface area (TPSA) is 95.2 Å². The summed E-state index contributed by atoms with van der Waals surface area (Å²) in [4.78, 5) is 14.6. The molecule has 0 radical (unpaired) electrons. The Bertz CT molecular complexity index is 954. The number of nitrogen functional groups attached to an aromatic ring is 1. The Labute approximate surface area is 140 Å². The monoisotopic (exact) mass is 323 g/mol. The standard InChI is InChI=1S/C17H21N7/c1-9-7-19-23-14(9)10-4-5-11-12(6-10)20-17(18)16-15(11)21-13(22-16)8-24(2)3/h4-6,9,19H,7-8H2,1-3H3,(H2,18,20)(H,21,22). The molecule has 7 nitrogen and oxygen atoms in total. The van der Waals surface area contributed by atoms with Crippen LogP contribution in [-0.2, 0) is 6.54 Å². The fourth-order valence-electron chi connectivity index (χ4n) is 3.18. The van der Waals surface area contributed by atoms with E-state index in [4.69, 9.17) is 5.73 Å². The van der Waals surface area contributed by atoms with Gasteiger partial charge >= 0.3 is 0 Å². The van der Waals surface area contributed by atoms with Crippen LogP contribution in [0.1, 0.15) is 18.3 Å². The molecule has 0 bridgehead atoms. The van der Waals surface area contributed by atoms with E-state index in [0.29, 0.717) is 11.7 Å². The molecule has 1 aromatic carbocycles. The zero-order chi connectivity index (χ0) is 16.8. The number of aromatic nitrogens is 3. The number of fused-ring (bicyclic) bond motifs is 3. The van der Waals surface area contributed by atoms with Gasteiger partial charge in [-0.05, 0) is 26.2 Å². The first-order valence-corrected chi connectivity index (χ1v) is 8.06. The average Bonchev–Trinajstić information content (AvgIpc) is 3.13. The van der Waals surface area contributed by atoms with Crippen LogP contribution in [0.2, 0.25) is 0 Å². The molecule has 4 rings (SSSR count).